The number of benzene rings is 2. The first-order chi connectivity index (χ1) is 10.3. The number of nitrogens with two attached hydrogens (primary N) is 1. The molecule has 0 spiro atoms. The summed E-state index contributed by atoms with van der Waals surface area (Å²) in [6, 6.07) is 14.9. The fourth-order valence-electron chi connectivity index (χ4n) is 2.42. The normalized spacial score (nSPS) is 11.1. The van der Waals surface area contributed by atoms with Crippen LogP contribution in [0.3, 0.4) is 0 Å². The molecule has 5 heteroatoms. The van der Waals surface area contributed by atoms with Crippen LogP contribution in [0.1, 0.15) is 11.4 Å². The molecule has 3 aromatic rings. The van der Waals surface area contributed by atoms with E-state index < -0.39 is 0 Å². The summed E-state index contributed by atoms with van der Waals surface area (Å²) in [4.78, 5) is 0. The van der Waals surface area contributed by atoms with Crippen LogP contribution in [0.2, 0.25) is 0 Å². The van der Waals surface area contributed by atoms with Gasteiger partial charge in [-0.05, 0) is 23.3 Å². The van der Waals surface area contributed by atoms with E-state index in [4.69, 9.17) is 5.73 Å². The minimum Gasteiger partial charge on any atom is -0.329 e. The minimum atomic E-state index is 0.598. The lowest BCUT2D eigenvalue weighted by Gasteiger charge is -2.08. The maximum atomic E-state index is 5.65. The van der Waals surface area contributed by atoms with Crippen molar-refractivity contribution in [3.8, 4) is 0 Å². The summed E-state index contributed by atoms with van der Waals surface area (Å²) in [5, 5.41) is 11.9. The molecule has 1 heterocycles. The van der Waals surface area contributed by atoms with Crippen molar-refractivity contribution in [3.63, 3.8) is 0 Å². The molecule has 0 bridgehead atoms. The Morgan fingerprint density at radius 3 is 2.76 bits per heavy atom. The van der Waals surface area contributed by atoms with Crippen molar-refractivity contribution in [2.24, 2.45) is 5.73 Å². The van der Waals surface area contributed by atoms with Crippen LogP contribution in [-0.2, 0) is 12.3 Å². The molecule has 0 fully saturated rings. The monoisotopic (exact) mass is 298 g/mol. The van der Waals surface area contributed by atoms with Gasteiger partial charge in [-0.15, -0.1) is 10.2 Å². The Morgan fingerprint density at radius 2 is 1.90 bits per heavy atom. The quantitative estimate of drug-likeness (QED) is 0.736. The van der Waals surface area contributed by atoms with E-state index in [9.17, 15) is 0 Å². The second-order valence-electron chi connectivity index (χ2n) is 4.90. The molecule has 0 aliphatic heterocycles. The van der Waals surface area contributed by atoms with E-state index in [1.54, 1.807) is 11.8 Å². The van der Waals surface area contributed by atoms with Gasteiger partial charge in [-0.1, -0.05) is 54.2 Å². The van der Waals surface area contributed by atoms with Gasteiger partial charge in [0.25, 0.3) is 0 Å². The molecular weight excluding hydrogens is 280 g/mol. The van der Waals surface area contributed by atoms with Crippen molar-refractivity contribution in [2.75, 3.05) is 6.54 Å². The van der Waals surface area contributed by atoms with Crippen molar-refractivity contribution in [2.45, 2.75) is 24.4 Å². The van der Waals surface area contributed by atoms with E-state index in [1.165, 1.54) is 16.3 Å². The summed E-state index contributed by atoms with van der Waals surface area (Å²) in [5.41, 5.74) is 6.97. The maximum absolute atomic E-state index is 5.65. The number of hydrogen-bond acceptors (Lipinski definition) is 4. The van der Waals surface area contributed by atoms with Crippen LogP contribution in [0.5, 0.6) is 0 Å². The zero-order valence-electron chi connectivity index (χ0n) is 12.0. The molecule has 0 unspecified atom stereocenters. The minimum absolute atomic E-state index is 0.598. The summed E-state index contributed by atoms with van der Waals surface area (Å²) < 4.78 is 2.08. The molecule has 21 heavy (non-hydrogen) atoms. The number of rotatable bonds is 5. The van der Waals surface area contributed by atoms with E-state index in [-0.39, 0.29) is 0 Å². The molecular formula is C16H18N4S. The highest BCUT2D eigenvalue weighted by atomic mass is 32.2. The first kappa shape index (κ1) is 14.1. The predicted molar refractivity (Wildman–Crippen MR) is 87.3 cm³/mol. The van der Waals surface area contributed by atoms with Crippen molar-refractivity contribution >= 4 is 22.5 Å². The van der Waals surface area contributed by atoms with E-state index >= 15 is 0 Å². The van der Waals surface area contributed by atoms with Crippen molar-refractivity contribution in [3.05, 3.63) is 53.9 Å². The molecule has 0 aliphatic rings. The molecule has 1 aromatic heterocycles. The lowest BCUT2D eigenvalue weighted by molar-refractivity contribution is 0.627. The van der Waals surface area contributed by atoms with Gasteiger partial charge in [-0.25, -0.2) is 0 Å². The number of thioether (sulfide) groups is 1. The number of hydrogen-bond donors (Lipinski definition) is 1. The van der Waals surface area contributed by atoms with E-state index in [0.717, 1.165) is 23.3 Å². The smallest absolute Gasteiger partial charge is 0.191 e. The van der Waals surface area contributed by atoms with Gasteiger partial charge in [0.05, 0.1) is 0 Å². The second kappa shape index (κ2) is 6.28. The first-order valence-corrected chi connectivity index (χ1v) is 7.97. The summed E-state index contributed by atoms with van der Waals surface area (Å²) in [7, 11) is 0. The van der Waals surface area contributed by atoms with Gasteiger partial charge < -0.3 is 10.3 Å². The fourth-order valence-corrected chi connectivity index (χ4v) is 3.43. The molecule has 2 aromatic carbocycles. The van der Waals surface area contributed by atoms with Gasteiger partial charge in [0, 0.05) is 18.8 Å². The number of fused-ring (bicyclic) bond motifs is 1. The Hall–Kier alpha value is -1.85. The third-order valence-electron chi connectivity index (χ3n) is 3.49. The Balaban J connectivity index is 1.84. The second-order valence-corrected chi connectivity index (χ2v) is 5.84. The van der Waals surface area contributed by atoms with Gasteiger partial charge in [0.2, 0.25) is 0 Å². The van der Waals surface area contributed by atoms with Gasteiger partial charge >= 0.3 is 0 Å². The van der Waals surface area contributed by atoms with Crippen LogP contribution in [0, 0.1) is 6.92 Å². The van der Waals surface area contributed by atoms with Crippen LogP contribution in [0.25, 0.3) is 10.8 Å². The van der Waals surface area contributed by atoms with Crippen LogP contribution >= 0.6 is 11.8 Å². The van der Waals surface area contributed by atoms with Crippen molar-refractivity contribution in [1.29, 1.82) is 0 Å². The van der Waals surface area contributed by atoms with Gasteiger partial charge in [0.1, 0.15) is 5.82 Å². The SMILES string of the molecule is Cc1nnc(SCc2cccc3ccccc23)n1CCN. The standard InChI is InChI=1S/C16H18N4S/c1-12-18-19-16(20(12)10-9-17)21-11-14-7-4-6-13-5-2-3-8-15(13)14/h2-8H,9-11,17H2,1H3. The molecule has 0 amide bonds. The van der Waals surface area contributed by atoms with Gasteiger partial charge in [-0.3, -0.25) is 0 Å². The summed E-state index contributed by atoms with van der Waals surface area (Å²) in [6.07, 6.45) is 0. The summed E-state index contributed by atoms with van der Waals surface area (Å²) in [5.74, 6) is 1.80. The van der Waals surface area contributed by atoms with Crippen molar-refractivity contribution < 1.29 is 0 Å². The van der Waals surface area contributed by atoms with Crippen LogP contribution in [-0.4, -0.2) is 21.3 Å². The Bertz CT molecular complexity index is 746. The highest BCUT2D eigenvalue weighted by Gasteiger charge is 2.09. The number of nitrogens with zero attached hydrogens (tertiary/aromatic N) is 3. The van der Waals surface area contributed by atoms with Crippen molar-refractivity contribution in [1.82, 2.24) is 14.8 Å². The number of aromatic nitrogens is 3. The summed E-state index contributed by atoms with van der Waals surface area (Å²) in [6.45, 7) is 3.32. The Morgan fingerprint density at radius 1 is 1.10 bits per heavy atom. The van der Waals surface area contributed by atoms with E-state index in [2.05, 4.69) is 57.2 Å². The molecule has 0 atom stereocenters. The largest absolute Gasteiger partial charge is 0.329 e. The van der Waals surface area contributed by atoms with E-state index in [0.29, 0.717) is 6.54 Å². The third-order valence-corrected chi connectivity index (χ3v) is 4.51. The first-order valence-electron chi connectivity index (χ1n) is 6.99. The topological polar surface area (TPSA) is 56.7 Å². The van der Waals surface area contributed by atoms with Crippen LogP contribution < -0.4 is 5.73 Å². The predicted octanol–water partition coefficient (Wildman–Crippen LogP) is 2.99. The molecule has 108 valence electrons. The highest BCUT2D eigenvalue weighted by molar-refractivity contribution is 7.98. The zero-order valence-corrected chi connectivity index (χ0v) is 12.8. The molecule has 0 radical (unpaired) electrons. The molecule has 3 rings (SSSR count). The average Bonchev–Trinajstić information content (AvgIpc) is 2.86. The molecule has 4 nitrogen and oxygen atoms in total. The highest BCUT2D eigenvalue weighted by Crippen LogP contribution is 2.26. The lowest BCUT2D eigenvalue weighted by atomic mass is 10.1. The third kappa shape index (κ3) is 2.94. The van der Waals surface area contributed by atoms with Gasteiger partial charge in [0.15, 0.2) is 5.16 Å². The average molecular weight is 298 g/mol. The Labute approximate surface area is 128 Å². The molecule has 0 saturated heterocycles. The zero-order chi connectivity index (χ0) is 14.7. The summed E-state index contributed by atoms with van der Waals surface area (Å²) >= 11 is 1.71. The number of aryl methyl sites for hydroxylation is 1. The maximum Gasteiger partial charge on any atom is 0.191 e. The molecule has 2 N–H and O–H groups in total. The van der Waals surface area contributed by atoms with Gasteiger partial charge in [-0.2, -0.15) is 0 Å². The van der Waals surface area contributed by atoms with Crippen LogP contribution in [0.15, 0.2) is 47.6 Å². The Kier molecular flexibility index (Phi) is 4.22. The van der Waals surface area contributed by atoms with E-state index in [1.807, 2.05) is 6.92 Å². The molecule has 0 saturated carbocycles. The lowest BCUT2D eigenvalue weighted by Crippen LogP contribution is -2.12. The van der Waals surface area contributed by atoms with Crippen LogP contribution in [0.4, 0.5) is 0 Å². The molecule has 0 aliphatic carbocycles. The fraction of sp³-hybridized carbons (Fsp3) is 0.250.